The van der Waals surface area contributed by atoms with Crippen molar-refractivity contribution in [2.75, 3.05) is 6.54 Å². The molecule has 1 unspecified atom stereocenters. The van der Waals surface area contributed by atoms with Crippen LogP contribution in [0.1, 0.15) is 54.6 Å². The van der Waals surface area contributed by atoms with Crippen molar-refractivity contribution in [2.24, 2.45) is 0 Å². The first-order valence-electron chi connectivity index (χ1n) is 7.88. The molecule has 0 spiro atoms. The third-order valence-corrected chi connectivity index (χ3v) is 5.37. The number of likely N-dealkylation sites (tertiary alicyclic amines) is 1. The monoisotopic (exact) mass is 306 g/mol. The number of carbonyl (C=O) groups is 2. The molecule has 1 aliphatic heterocycles. The van der Waals surface area contributed by atoms with Gasteiger partial charge in [-0.25, -0.2) is 0 Å². The largest absolute Gasteiger partial charge is 0.346 e. The Morgan fingerprint density at radius 1 is 1.24 bits per heavy atom. The molecule has 2 fully saturated rings. The number of amides is 2. The molecule has 1 aromatic heterocycles. The second kappa shape index (κ2) is 6.60. The highest BCUT2D eigenvalue weighted by atomic mass is 32.1. The fourth-order valence-electron chi connectivity index (χ4n) is 3.41. The molecule has 1 N–H and O–H groups in total. The first-order chi connectivity index (χ1) is 10.2. The van der Waals surface area contributed by atoms with Gasteiger partial charge in [0.25, 0.3) is 5.91 Å². The van der Waals surface area contributed by atoms with Gasteiger partial charge in [0.2, 0.25) is 5.91 Å². The Balaban J connectivity index is 1.57. The van der Waals surface area contributed by atoms with Gasteiger partial charge in [0.15, 0.2) is 0 Å². The van der Waals surface area contributed by atoms with Crippen LogP contribution in [-0.4, -0.2) is 35.3 Å². The van der Waals surface area contributed by atoms with Gasteiger partial charge in [-0.15, -0.1) is 11.3 Å². The van der Waals surface area contributed by atoms with Crippen LogP contribution >= 0.6 is 11.3 Å². The van der Waals surface area contributed by atoms with Gasteiger partial charge in [-0.1, -0.05) is 31.7 Å². The van der Waals surface area contributed by atoms with E-state index in [0.29, 0.717) is 19.0 Å². The van der Waals surface area contributed by atoms with E-state index in [1.165, 1.54) is 37.0 Å². The van der Waals surface area contributed by atoms with Crippen LogP contribution in [0.3, 0.4) is 0 Å². The highest BCUT2D eigenvalue weighted by Gasteiger charge is 2.35. The van der Waals surface area contributed by atoms with Gasteiger partial charge in [0.05, 0.1) is 10.9 Å². The van der Waals surface area contributed by atoms with Crippen molar-refractivity contribution in [2.45, 2.75) is 57.0 Å². The molecule has 0 aromatic carbocycles. The summed E-state index contributed by atoms with van der Waals surface area (Å²) >= 11 is 1.44. The Morgan fingerprint density at radius 2 is 2.00 bits per heavy atom. The molecule has 1 saturated carbocycles. The zero-order valence-corrected chi connectivity index (χ0v) is 13.0. The van der Waals surface area contributed by atoms with E-state index >= 15 is 0 Å². The summed E-state index contributed by atoms with van der Waals surface area (Å²) in [4.78, 5) is 27.1. The average Bonchev–Trinajstić information content (AvgIpc) is 3.03. The molecule has 2 heterocycles. The standard InChI is InChI=1S/C16H22N2O2S/c19-15-10-12(17-16(20)14-8-5-9-21-14)11-18(15)13-6-3-1-2-4-7-13/h5,8-9,12-13H,1-4,6-7,10-11H2,(H,17,20). The van der Waals surface area contributed by atoms with Gasteiger partial charge in [-0.3, -0.25) is 9.59 Å². The van der Waals surface area contributed by atoms with Gasteiger partial charge < -0.3 is 10.2 Å². The van der Waals surface area contributed by atoms with Crippen LogP contribution in [0.4, 0.5) is 0 Å². The van der Waals surface area contributed by atoms with E-state index in [-0.39, 0.29) is 17.9 Å². The number of nitrogens with one attached hydrogen (secondary N) is 1. The van der Waals surface area contributed by atoms with E-state index in [2.05, 4.69) is 5.32 Å². The molecule has 1 aromatic rings. The summed E-state index contributed by atoms with van der Waals surface area (Å²) in [6.45, 7) is 0.681. The fourth-order valence-corrected chi connectivity index (χ4v) is 4.04. The first kappa shape index (κ1) is 14.6. The summed E-state index contributed by atoms with van der Waals surface area (Å²) < 4.78 is 0. The van der Waals surface area contributed by atoms with Gasteiger partial charge >= 0.3 is 0 Å². The average molecular weight is 306 g/mol. The molecular formula is C16H22N2O2S. The highest BCUT2D eigenvalue weighted by molar-refractivity contribution is 7.12. The van der Waals surface area contributed by atoms with E-state index < -0.39 is 0 Å². The molecule has 1 saturated heterocycles. The van der Waals surface area contributed by atoms with E-state index in [0.717, 1.165) is 17.7 Å². The summed E-state index contributed by atoms with van der Waals surface area (Å²) in [6, 6.07) is 4.05. The molecule has 3 rings (SSSR count). The fraction of sp³-hybridized carbons (Fsp3) is 0.625. The molecule has 21 heavy (non-hydrogen) atoms. The lowest BCUT2D eigenvalue weighted by molar-refractivity contribution is -0.129. The van der Waals surface area contributed by atoms with Crippen molar-refractivity contribution in [1.82, 2.24) is 10.2 Å². The van der Waals surface area contributed by atoms with E-state index in [9.17, 15) is 9.59 Å². The summed E-state index contributed by atoms with van der Waals surface area (Å²) in [5.74, 6) is 0.156. The predicted molar refractivity (Wildman–Crippen MR) is 83.4 cm³/mol. The first-order valence-corrected chi connectivity index (χ1v) is 8.76. The second-order valence-corrected chi connectivity index (χ2v) is 6.99. The third-order valence-electron chi connectivity index (χ3n) is 4.50. The summed E-state index contributed by atoms with van der Waals surface area (Å²) in [5, 5.41) is 4.90. The Kier molecular flexibility index (Phi) is 4.58. The van der Waals surface area contributed by atoms with Gasteiger partial charge in [-0.2, -0.15) is 0 Å². The van der Waals surface area contributed by atoms with E-state index in [4.69, 9.17) is 0 Å². The lowest BCUT2D eigenvalue weighted by atomic mass is 10.1. The zero-order valence-electron chi connectivity index (χ0n) is 12.2. The van der Waals surface area contributed by atoms with Crippen molar-refractivity contribution >= 4 is 23.2 Å². The summed E-state index contributed by atoms with van der Waals surface area (Å²) in [5.41, 5.74) is 0. The molecule has 1 atom stereocenters. The molecule has 0 radical (unpaired) electrons. The smallest absolute Gasteiger partial charge is 0.261 e. The Morgan fingerprint density at radius 3 is 2.67 bits per heavy atom. The van der Waals surface area contributed by atoms with Gasteiger partial charge in [0, 0.05) is 19.0 Å². The molecule has 2 aliphatic rings. The van der Waals surface area contributed by atoms with Crippen LogP contribution in [0.15, 0.2) is 17.5 Å². The van der Waals surface area contributed by atoms with Crippen LogP contribution < -0.4 is 5.32 Å². The minimum atomic E-state index is -0.0504. The minimum absolute atomic E-state index is 0.0321. The molecule has 1 aliphatic carbocycles. The van der Waals surface area contributed by atoms with Crippen LogP contribution in [0.2, 0.25) is 0 Å². The summed E-state index contributed by atoms with van der Waals surface area (Å²) in [6.07, 6.45) is 7.72. The summed E-state index contributed by atoms with van der Waals surface area (Å²) in [7, 11) is 0. The van der Waals surface area contributed by atoms with Crippen molar-refractivity contribution in [1.29, 1.82) is 0 Å². The number of hydrogen-bond donors (Lipinski definition) is 1. The maximum Gasteiger partial charge on any atom is 0.261 e. The maximum atomic E-state index is 12.2. The van der Waals surface area contributed by atoms with Crippen LogP contribution in [0, 0.1) is 0 Å². The number of carbonyl (C=O) groups excluding carboxylic acids is 2. The second-order valence-electron chi connectivity index (χ2n) is 6.04. The lowest BCUT2D eigenvalue weighted by Crippen LogP contribution is -2.40. The van der Waals surface area contributed by atoms with Crippen molar-refractivity contribution in [3.8, 4) is 0 Å². The van der Waals surface area contributed by atoms with Crippen molar-refractivity contribution in [3.63, 3.8) is 0 Å². The normalized spacial score (nSPS) is 24.1. The minimum Gasteiger partial charge on any atom is -0.346 e. The van der Waals surface area contributed by atoms with Gasteiger partial charge in [0.1, 0.15) is 0 Å². The Bertz CT molecular complexity index is 492. The number of hydrogen-bond acceptors (Lipinski definition) is 3. The maximum absolute atomic E-state index is 12.2. The Labute approximate surface area is 129 Å². The number of nitrogens with zero attached hydrogens (tertiary/aromatic N) is 1. The topological polar surface area (TPSA) is 49.4 Å². The quantitative estimate of drug-likeness (QED) is 0.873. The van der Waals surface area contributed by atoms with Crippen LogP contribution in [0.5, 0.6) is 0 Å². The number of rotatable bonds is 3. The lowest BCUT2D eigenvalue weighted by Gasteiger charge is -2.27. The third kappa shape index (κ3) is 3.46. The molecular weight excluding hydrogens is 284 g/mol. The Hall–Kier alpha value is -1.36. The SMILES string of the molecule is O=C(NC1CC(=O)N(C2CCCCCC2)C1)c1cccs1. The predicted octanol–water partition coefficient (Wildman–Crippen LogP) is 2.80. The molecule has 5 heteroatoms. The molecule has 2 amide bonds. The highest BCUT2D eigenvalue weighted by Crippen LogP contribution is 2.26. The van der Waals surface area contributed by atoms with Crippen molar-refractivity contribution < 1.29 is 9.59 Å². The van der Waals surface area contributed by atoms with Gasteiger partial charge in [-0.05, 0) is 24.3 Å². The zero-order chi connectivity index (χ0) is 14.7. The van der Waals surface area contributed by atoms with Crippen LogP contribution in [-0.2, 0) is 4.79 Å². The number of thiophene rings is 1. The molecule has 114 valence electrons. The molecule has 0 bridgehead atoms. The van der Waals surface area contributed by atoms with Crippen molar-refractivity contribution in [3.05, 3.63) is 22.4 Å². The van der Waals surface area contributed by atoms with E-state index in [1.807, 2.05) is 22.4 Å². The van der Waals surface area contributed by atoms with Crippen LogP contribution in [0.25, 0.3) is 0 Å². The molecule has 4 nitrogen and oxygen atoms in total. The van der Waals surface area contributed by atoms with E-state index in [1.54, 1.807) is 0 Å².